The fourth-order valence-corrected chi connectivity index (χ4v) is 2.66. The van der Waals surface area contributed by atoms with E-state index in [1.54, 1.807) is 18.2 Å². The van der Waals surface area contributed by atoms with Crippen molar-refractivity contribution in [2.24, 2.45) is 5.16 Å². The standard InChI is InChI=1S/C20H19N3O4/c1-25-18-11-15(7-8-17(18)26-10-9-21)16-12-19(27-23-16)20(24)22-13-14-5-3-2-4-6-14/h2-8,11,19H,10,12-13H2,1H3,(H,22,24). The van der Waals surface area contributed by atoms with Crippen LogP contribution in [0, 0.1) is 11.3 Å². The third-order valence-corrected chi connectivity index (χ3v) is 4.06. The minimum atomic E-state index is -0.663. The summed E-state index contributed by atoms with van der Waals surface area (Å²) in [6, 6.07) is 16.8. The largest absolute Gasteiger partial charge is 0.493 e. The van der Waals surface area contributed by atoms with E-state index in [1.165, 1.54) is 7.11 Å². The molecule has 2 aromatic carbocycles. The normalized spacial score (nSPS) is 15.3. The molecule has 0 saturated heterocycles. The van der Waals surface area contributed by atoms with E-state index in [9.17, 15) is 4.79 Å². The number of oxime groups is 1. The molecule has 1 aliphatic heterocycles. The van der Waals surface area contributed by atoms with E-state index in [0.29, 0.717) is 30.2 Å². The second-order valence-electron chi connectivity index (χ2n) is 5.85. The lowest BCUT2D eigenvalue weighted by Crippen LogP contribution is -2.34. The number of nitrogens with zero attached hydrogens (tertiary/aromatic N) is 2. The van der Waals surface area contributed by atoms with Gasteiger partial charge in [0.25, 0.3) is 5.91 Å². The number of nitriles is 1. The van der Waals surface area contributed by atoms with Gasteiger partial charge in [-0.3, -0.25) is 4.79 Å². The Kier molecular flexibility index (Phi) is 5.90. The molecule has 1 N–H and O–H groups in total. The summed E-state index contributed by atoms with van der Waals surface area (Å²) < 4.78 is 10.6. The molecule has 0 fully saturated rings. The summed E-state index contributed by atoms with van der Waals surface area (Å²) in [6.07, 6.45) is -0.299. The van der Waals surface area contributed by atoms with Gasteiger partial charge in [0.05, 0.1) is 12.8 Å². The number of amides is 1. The number of hydrogen-bond donors (Lipinski definition) is 1. The molecule has 0 spiro atoms. The molecule has 138 valence electrons. The van der Waals surface area contributed by atoms with Crippen molar-refractivity contribution >= 4 is 11.6 Å². The smallest absolute Gasteiger partial charge is 0.264 e. The van der Waals surface area contributed by atoms with Crippen LogP contribution in [0.3, 0.4) is 0 Å². The van der Waals surface area contributed by atoms with E-state index in [0.717, 1.165) is 11.1 Å². The van der Waals surface area contributed by atoms with Gasteiger partial charge in [-0.05, 0) is 23.8 Å². The van der Waals surface area contributed by atoms with Gasteiger partial charge in [0.15, 0.2) is 18.1 Å². The van der Waals surface area contributed by atoms with Crippen molar-refractivity contribution in [1.82, 2.24) is 5.32 Å². The number of rotatable bonds is 7. The highest BCUT2D eigenvalue weighted by Gasteiger charge is 2.29. The predicted molar refractivity (Wildman–Crippen MR) is 98.4 cm³/mol. The number of carbonyl (C=O) groups excluding carboxylic acids is 1. The molecule has 0 aliphatic carbocycles. The van der Waals surface area contributed by atoms with Gasteiger partial charge in [0.1, 0.15) is 6.07 Å². The first-order valence-corrected chi connectivity index (χ1v) is 8.43. The van der Waals surface area contributed by atoms with Gasteiger partial charge in [-0.2, -0.15) is 5.26 Å². The average Bonchev–Trinajstić information content (AvgIpc) is 3.21. The molecule has 3 rings (SSSR count). The SMILES string of the molecule is COc1cc(C2=NOC(C(=O)NCc3ccccc3)C2)ccc1OCC#N. The first-order chi connectivity index (χ1) is 13.2. The molecule has 0 radical (unpaired) electrons. The highest BCUT2D eigenvalue weighted by atomic mass is 16.6. The van der Waals surface area contributed by atoms with Gasteiger partial charge in [-0.25, -0.2) is 0 Å². The molecule has 7 heteroatoms. The highest BCUT2D eigenvalue weighted by molar-refractivity contribution is 6.04. The summed E-state index contributed by atoms with van der Waals surface area (Å²) in [5.74, 6) is 0.750. The van der Waals surface area contributed by atoms with E-state index in [1.807, 2.05) is 36.4 Å². The van der Waals surface area contributed by atoms with Gasteiger partial charge >= 0.3 is 0 Å². The predicted octanol–water partition coefficient (Wildman–Crippen LogP) is 2.41. The van der Waals surface area contributed by atoms with Crippen LogP contribution in [0.1, 0.15) is 17.5 Å². The van der Waals surface area contributed by atoms with Gasteiger partial charge in [0.2, 0.25) is 6.10 Å². The second-order valence-corrected chi connectivity index (χ2v) is 5.85. The van der Waals surface area contributed by atoms with Crippen LogP contribution in [0.4, 0.5) is 0 Å². The van der Waals surface area contributed by atoms with Gasteiger partial charge in [0, 0.05) is 18.5 Å². The van der Waals surface area contributed by atoms with Crippen LogP contribution in [-0.2, 0) is 16.2 Å². The molecule has 1 unspecified atom stereocenters. The molecule has 2 aromatic rings. The average molecular weight is 365 g/mol. The van der Waals surface area contributed by atoms with E-state index in [2.05, 4.69) is 10.5 Å². The van der Waals surface area contributed by atoms with Crippen molar-refractivity contribution in [3.05, 3.63) is 59.7 Å². The quantitative estimate of drug-likeness (QED) is 0.813. The highest BCUT2D eigenvalue weighted by Crippen LogP contribution is 2.30. The van der Waals surface area contributed by atoms with Crippen LogP contribution < -0.4 is 14.8 Å². The fourth-order valence-electron chi connectivity index (χ4n) is 2.66. The molecule has 7 nitrogen and oxygen atoms in total. The van der Waals surface area contributed by atoms with Crippen molar-refractivity contribution in [1.29, 1.82) is 5.26 Å². The Bertz CT molecular complexity index is 875. The molecular formula is C20H19N3O4. The summed E-state index contributed by atoms with van der Waals surface area (Å²) >= 11 is 0. The summed E-state index contributed by atoms with van der Waals surface area (Å²) in [4.78, 5) is 17.6. The number of ether oxygens (including phenoxy) is 2. The Morgan fingerprint density at radius 3 is 2.85 bits per heavy atom. The molecule has 1 heterocycles. The van der Waals surface area contributed by atoms with Crippen LogP contribution in [0.5, 0.6) is 11.5 Å². The number of methoxy groups -OCH3 is 1. The maximum Gasteiger partial charge on any atom is 0.264 e. The molecule has 1 atom stereocenters. The zero-order chi connectivity index (χ0) is 19.1. The first kappa shape index (κ1) is 18.3. The van der Waals surface area contributed by atoms with Gasteiger partial charge in [-0.15, -0.1) is 0 Å². The van der Waals surface area contributed by atoms with Crippen LogP contribution in [-0.4, -0.2) is 31.4 Å². The van der Waals surface area contributed by atoms with E-state index < -0.39 is 6.10 Å². The Hall–Kier alpha value is -3.53. The molecule has 0 aromatic heterocycles. The Morgan fingerprint density at radius 2 is 2.11 bits per heavy atom. The molecule has 0 saturated carbocycles. The molecular weight excluding hydrogens is 346 g/mol. The summed E-state index contributed by atoms with van der Waals surface area (Å²) in [6.45, 7) is 0.372. The van der Waals surface area contributed by atoms with Crippen LogP contribution >= 0.6 is 0 Å². The van der Waals surface area contributed by atoms with Gasteiger partial charge in [-0.1, -0.05) is 35.5 Å². The number of carbonyl (C=O) groups is 1. The molecule has 1 amide bonds. The minimum absolute atomic E-state index is 0.0660. The second kappa shape index (κ2) is 8.72. The zero-order valence-electron chi connectivity index (χ0n) is 14.8. The van der Waals surface area contributed by atoms with E-state index in [4.69, 9.17) is 19.6 Å². The lowest BCUT2D eigenvalue weighted by molar-refractivity contribution is -0.131. The van der Waals surface area contributed by atoms with E-state index >= 15 is 0 Å². The van der Waals surface area contributed by atoms with Crippen molar-refractivity contribution in [3.63, 3.8) is 0 Å². The zero-order valence-corrected chi connectivity index (χ0v) is 14.8. The number of hydrogen-bond acceptors (Lipinski definition) is 6. The van der Waals surface area contributed by atoms with Crippen molar-refractivity contribution < 1.29 is 19.1 Å². The maximum absolute atomic E-state index is 12.3. The fraction of sp³-hybridized carbons (Fsp3) is 0.250. The lowest BCUT2D eigenvalue weighted by atomic mass is 10.0. The lowest BCUT2D eigenvalue weighted by Gasteiger charge is -2.11. The summed E-state index contributed by atoms with van der Waals surface area (Å²) in [7, 11) is 1.52. The van der Waals surface area contributed by atoms with E-state index in [-0.39, 0.29) is 12.5 Å². The Labute approximate surface area is 157 Å². The van der Waals surface area contributed by atoms with Crippen LogP contribution in [0.25, 0.3) is 0 Å². The molecule has 27 heavy (non-hydrogen) atoms. The molecule has 1 aliphatic rings. The number of nitrogens with one attached hydrogen (secondary N) is 1. The van der Waals surface area contributed by atoms with Crippen LogP contribution in [0.15, 0.2) is 53.7 Å². The molecule has 0 bridgehead atoms. The van der Waals surface area contributed by atoms with Crippen molar-refractivity contribution in [3.8, 4) is 17.6 Å². The van der Waals surface area contributed by atoms with Crippen LogP contribution in [0.2, 0.25) is 0 Å². The first-order valence-electron chi connectivity index (χ1n) is 8.43. The third kappa shape index (κ3) is 4.55. The summed E-state index contributed by atoms with van der Waals surface area (Å²) in [5, 5.41) is 15.5. The summed E-state index contributed by atoms with van der Waals surface area (Å²) in [5.41, 5.74) is 2.44. The Balaban J connectivity index is 1.60. The van der Waals surface area contributed by atoms with Crippen molar-refractivity contribution in [2.45, 2.75) is 19.1 Å². The number of benzene rings is 2. The van der Waals surface area contributed by atoms with Gasteiger partial charge < -0.3 is 19.6 Å². The Morgan fingerprint density at radius 1 is 1.30 bits per heavy atom. The monoisotopic (exact) mass is 365 g/mol. The minimum Gasteiger partial charge on any atom is -0.493 e. The topological polar surface area (TPSA) is 92.9 Å². The van der Waals surface area contributed by atoms with Crippen molar-refractivity contribution in [2.75, 3.05) is 13.7 Å². The third-order valence-electron chi connectivity index (χ3n) is 4.06. The maximum atomic E-state index is 12.3.